The van der Waals surface area contributed by atoms with E-state index in [1.165, 1.54) is 18.2 Å². The highest BCUT2D eigenvalue weighted by Crippen LogP contribution is 2.24. The Labute approximate surface area is 107 Å². The van der Waals surface area contributed by atoms with Crippen LogP contribution in [0.4, 0.5) is 5.69 Å². The number of carbonyl (C=O) groups is 3. The summed E-state index contributed by atoms with van der Waals surface area (Å²) in [5.41, 5.74) is 0.404. The van der Waals surface area contributed by atoms with Crippen molar-refractivity contribution >= 4 is 23.5 Å². The normalized spacial score (nSPS) is 10.3. The lowest BCUT2D eigenvalue weighted by atomic mass is 10.1. The first-order chi connectivity index (χ1) is 8.88. The van der Waals surface area contributed by atoms with Crippen molar-refractivity contribution in [1.82, 2.24) is 0 Å². The minimum absolute atomic E-state index is 0.0128. The molecule has 0 aliphatic heterocycles. The van der Waals surface area contributed by atoms with E-state index in [-0.39, 0.29) is 17.9 Å². The Hall–Kier alpha value is -2.83. The largest absolute Gasteiger partial charge is 0.506 e. The van der Waals surface area contributed by atoms with Crippen molar-refractivity contribution in [2.24, 2.45) is 0 Å². The minimum atomic E-state index is -1.28. The van der Waals surface area contributed by atoms with Gasteiger partial charge in [-0.3, -0.25) is 9.59 Å². The summed E-state index contributed by atoms with van der Waals surface area (Å²) in [4.78, 5) is 32.1. The van der Waals surface area contributed by atoms with E-state index in [1.807, 2.05) is 0 Å². The zero-order valence-corrected chi connectivity index (χ0v) is 9.66. The molecule has 0 saturated carbocycles. The van der Waals surface area contributed by atoms with Gasteiger partial charge in [-0.15, -0.1) is 0 Å². The van der Waals surface area contributed by atoms with E-state index in [2.05, 4.69) is 5.32 Å². The lowest BCUT2D eigenvalue weighted by molar-refractivity contribution is -0.136. The van der Waals surface area contributed by atoms with Crippen LogP contribution in [-0.4, -0.2) is 33.2 Å². The van der Waals surface area contributed by atoms with Gasteiger partial charge in [0.25, 0.3) is 0 Å². The molecule has 100 valence electrons. The number of carbonyl (C=O) groups excluding carboxylic acids is 1. The van der Waals surface area contributed by atoms with E-state index in [0.717, 1.165) is 6.08 Å². The number of nitrogens with one attached hydrogen (secondary N) is 1. The van der Waals surface area contributed by atoms with Crippen LogP contribution in [0.3, 0.4) is 0 Å². The number of benzene rings is 1. The third kappa shape index (κ3) is 4.90. The average Bonchev–Trinajstić information content (AvgIpc) is 2.30. The number of aliphatic carboxylic acids is 2. The van der Waals surface area contributed by atoms with Gasteiger partial charge in [0.15, 0.2) is 0 Å². The van der Waals surface area contributed by atoms with Crippen LogP contribution in [0, 0.1) is 0 Å². The molecular formula is C12H11NO6. The molecule has 0 heterocycles. The summed E-state index contributed by atoms with van der Waals surface area (Å²) in [6.45, 7) is 0. The van der Waals surface area contributed by atoms with Crippen LogP contribution < -0.4 is 5.32 Å². The topological polar surface area (TPSA) is 124 Å². The van der Waals surface area contributed by atoms with Crippen molar-refractivity contribution < 1.29 is 29.7 Å². The Balaban J connectivity index is 2.85. The van der Waals surface area contributed by atoms with Gasteiger partial charge in [-0.25, -0.2) is 4.79 Å². The quantitative estimate of drug-likeness (QED) is 0.456. The number of rotatable bonds is 5. The van der Waals surface area contributed by atoms with Gasteiger partial charge in [-0.05, 0) is 17.7 Å². The molecular weight excluding hydrogens is 254 g/mol. The minimum Gasteiger partial charge on any atom is -0.506 e. The molecule has 0 bridgehead atoms. The van der Waals surface area contributed by atoms with Gasteiger partial charge >= 0.3 is 11.9 Å². The van der Waals surface area contributed by atoms with E-state index in [9.17, 15) is 19.5 Å². The standard InChI is InChI=1S/C12H11NO6/c14-9-2-1-7(6-12(18)19)5-8(9)13-10(15)3-4-11(16)17/h1-5,14H,6H2,(H,13,15)(H,16,17)(H,18,19). The van der Waals surface area contributed by atoms with Gasteiger partial charge in [0.2, 0.25) is 5.91 Å². The number of carboxylic acids is 2. The summed E-state index contributed by atoms with van der Waals surface area (Å²) in [6.07, 6.45) is 1.17. The molecule has 0 unspecified atom stereocenters. The molecule has 7 heteroatoms. The lowest BCUT2D eigenvalue weighted by Crippen LogP contribution is -2.09. The third-order valence-electron chi connectivity index (χ3n) is 2.05. The fourth-order valence-electron chi connectivity index (χ4n) is 1.29. The van der Waals surface area contributed by atoms with Gasteiger partial charge in [0, 0.05) is 12.2 Å². The number of hydrogen-bond donors (Lipinski definition) is 4. The SMILES string of the molecule is O=C(O)C=CC(=O)Nc1cc(CC(=O)O)ccc1O. The first-order valence-corrected chi connectivity index (χ1v) is 5.14. The van der Waals surface area contributed by atoms with Crippen LogP contribution in [0.1, 0.15) is 5.56 Å². The molecule has 1 aromatic carbocycles. The molecule has 0 spiro atoms. The first-order valence-electron chi connectivity index (χ1n) is 5.14. The van der Waals surface area contributed by atoms with Crippen molar-refractivity contribution in [1.29, 1.82) is 0 Å². The van der Waals surface area contributed by atoms with E-state index in [0.29, 0.717) is 11.6 Å². The number of phenols is 1. The highest BCUT2D eigenvalue weighted by atomic mass is 16.4. The van der Waals surface area contributed by atoms with Crippen LogP contribution in [0.15, 0.2) is 30.4 Å². The number of anilines is 1. The Morgan fingerprint density at radius 1 is 1.16 bits per heavy atom. The molecule has 0 aliphatic carbocycles. The molecule has 19 heavy (non-hydrogen) atoms. The molecule has 1 aromatic rings. The molecule has 0 saturated heterocycles. The Bertz CT molecular complexity index is 549. The van der Waals surface area contributed by atoms with Gasteiger partial charge in [-0.2, -0.15) is 0 Å². The molecule has 0 aliphatic rings. The van der Waals surface area contributed by atoms with Crippen molar-refractivity contribution in [2.45, 2.75) is 6.42 Å². The van der Waals surface area contributed by atoms with Crippen LogP contribution in [0.25, 0.3) is 0 Å². The van der Waals surface area contributed by atoms with Crippen molar-refractivity contribution in [2.75, 3.05) is 5.32 Å². The second-order valence-electron chi connectivity index (χ2n) is 3.58. The van der Waals surface area contributed by atoms with E-state index < -0.39 is 17.8 Å². The Kier molecular flexibility index (Phi) is 4.64. The highest BCUT2D eigenvalue weighted by molar-refractivity contribution is 6.03. The zero-order chi connectivity index (χ0) is 14.4. The van der Waals surface area contributed by atoms with Crippen LogP contribution in [0.2, 0.25) is 0 Å². The number of amides is 1. The van der Waals surface area contributed by atoms with Gasteiger partial charge in [-0.1, -0.05) is 6.07 Å². The van der Waals surface area contributed by atoms with Gasteiger partial charge in [0.05, 0.1) is 12.1 Å². The number of carboxylic acid groups (broad SMARTS) is 2. The number of hydrogen-bond acceptors (Lipinski definition) is 4. The molecule has 1 amide bonds. The maximum Gasteiger partial charge on any atom is 0.328 e. The number of aromatic hydroxyl groups is 1. The van der Waals surface area contributed by atoms with Crippen LogP contribution in [0.5, 0.6) is 5.75 Å². The van der Waals surface area contributed by atoms with Crippen LogP contribution in [-0.2, 0) is 20.8 Å². The fourth-order valence-corrected chi connectivity index (χ4v) is 1.29. The Morgan fingerprint density at radius 2 is 1.84 bits per heavy atom. The smallest absolute Gasteiger partial charge is 0.328 e. The maximum absolute atomic E-state index is 11.3. The number of phenolic OH excluding ortho intramolecular Hbond substituents is 1. The molecule has 1 rings (SSSR count). The van der Waals surface area contributed by atoms with Crippen molar-refractivity contribution in [3.05, 3.63) is 35.9 Å². The highest BCUT2D eigenvalue weighted by Gasteiger charge is 2.08. The maximum atomic E-state index is 11.3. The summed E-state index contributed by atoms with van der Waals surface area (Å²) in [7, 11) is 0. The second kappa shape index (κ2) is 6.20. The summed E-state index contributed by atoms with van der Waals surface area (Å²) < 4.78 is 0. The van der Waals surface area contributed by atoms with Crippen molar-refractivity contribution in [3.8, 4) is 5.75 Å². The first kappa shape index (κ1) is 14.2. The zero-order valence-electron chi connectivity index (χ0n) is 9.66. The molecule has 0 fully saturated rings. The summed E-state index contributed by atoms with van der Waals surface area (Å²) in [6, 6.07) is 3.96. The predicted octanol–water partition coefficient (Wildman–Crippen LogP) is 0.599. The Morgan fingerprint density at radius 3 is 2.42 bits per heavy atom. The summed E-state index contributed by atoms with van der Waals surface area (Å²) in [5.74, 6) is -3.32. The molecule has 0 radical (unpaired) electrons. The summed E-state index contributed by atoms with van der Waals surface area (Å²) >= 11 is 0. The second-order valence-corrected chi connectivity index (χ2v) is 3.58. The molecule has 0 atom stereocenters. The van der Waals surface area contributed by atoms with E-state index in [1.54, 1.807) is 0 Å². The average molecular weight is 265 g/mol. The third-order valence-corrected chi connectivity index (χ3v) is 2.05. The van der Waals surface area contributed by atoms with E-state index in [4.69, 9.17) is 10.2 Å². The lowest BCUT2D eigenvalue weighted by Gasteiger charge is -2.07. The summed E-state index contributed by atoms with van der Waals surface area (Å²) in [5, 5.41) is 28.7. The molecule has 7 nitrogen and oxygen atoms in total. The van der Waals surface area contributed by atoms with Gasteiger partial charge < -0.3 is 20.6 Å². The monoisotopic (exact) mass is 265 g/mol. The fraction of sp³-hybridized carbons (Fsp3) is 0.0833. The molecule has 0 aromatic heterocycles. The van der Waals surface area contributed by atoms with Gasteiger partial charge in [0.1, 0.15) is 5.75 Å². The predicted molar refractivity (Wildman–Crippen MR) is 64.9 cm³/mol. The van der Waals surface area contributed by atoms with Crippen LogP contribution >= 0.6 is 0 Å². The van der Waals surface area contributed by atoms with E-state index >= 15 is 0 Å². The van der Waals surface area contributed by atoms with Crippen molar-refractivity contribution in [3.63, 3.8) is 0 Å². The molecule has 4 N–H and O–H groups in total.